The van der Waals surface area contributed by atoms with Gasteiger partial charge >= 0.3 is 5.97 Å². The molecule has 1 aliphatic rings. The zero-order chi connectivity index (χ0) is 20.6. The smallest absolute Gasteiger partial charge is 0.337 e. The third-order valence-corrected chi connectivity index (χ3v) is 4.87. The molecule has 7 nitrogen and oxygen atoms in total. The zero-order valence-electron chi connectivity index (χ0n) is 16.5. The van der Waals surface area contributed by atoms with E-state index in [1.165, 1.54) is 7.11 Å². The van der Waals surface area contributed by atoms with Crippen LogP contribution in [0.2, 0.25) is 0 Å². The van der Waals surface area contributed by atoms with Crippen LogP contribution in [0.25, 0.3) is 0 Å². The lowest BCUT2D eigenvalue weighted by molar-refractivity contribution is 0.0403. The van der Waals surface area contributed by atoms with Gasteiger partial charge in [0.1, 0.15) is 18.5 Å². The zero-order valence-corrected chi connectivity index (χ0v) is 16.5. The van der Waals surface area contributed by atoms with Crippen LogP contribution in [-0.2, 0) is 4.74 Å². The summed E-state index contributed by atoms with van der Waals surface area (Å²) < 4.78 is 10.3. The van der Waals surface area contributed by atoms with Gasteiger partial charge in [-0.15, -0.1) is 0 Å². The maximum absolute atomic E-state index is 12.5. The molecular formula is C22H26N2O5. The molecule has 0 saturated carbocycles. The van der Waals surface area contributed by atoms with Crippen molar-refractivity contribution in [3.05, 3.63) is 65.7 Å². The fourth-order valence-corrected chi connectivity index (χ4v) is 3.25. The largest absolute Gasteiger partial charge is 0.491 e. The Labute approximate surface area is 170 Å². The maximum atomic E-state index is 12.5. The highest BCUT2D eigenvalue weighted by Crippen LogP contribution is 2.14. The molecule has 154 valence electrons. The summed E-state index contributed by atoms with van der Waals surface area (Å²) in [4.78, 5) is 27.9. The van der Waals surface area contributed by atoms with Crippen LogP contribution in [0.1, 0.15) is 20.7 Å². The number of β-amino-alcohol motifs (C(OH)–C–C–N with tert-alkyl or cyclic N) is 1. The molecule has 1 N–H and O–H groups in total. The van der Waals surface area contributed by atoms with Crippen LogP contribution in [0, 0.1) is 0 Å². The van der Waals surface area contributed by atoms with E-state index in [0.29, 0.717) is 49.6 Å². The van der Waals surface area contributed by atoms with Gasteiger partial charge in [-0.05, 0) is 36.4 Å². The Kier molecular flexibility index (Phi) is 7.21. The summed E-state index contributed by atoms with van der Waals surface area (Å²) in [7, 11) is 1.33. The van der Waals surface area contributed by atoms with Gasteiger partial charge in [-0.25, -0.2) is 4.79 Å². The molecule has 3 rings (SSSR count). The minimum Gasteiger partial charge on any atom is -0.491 e. The number of carbonyl (C=O) groups is 2. The Balaban J connectivity index is 1.40. The number of methoxy groups -OCH3 is 1. The molecule has 0 spiro atoms. The van der Waals surface area contributed by atoms with E-state index in [4.69, 9.17) is 4.74 Å². The van der Waals surface area contributed by atoms with Gasteiger partial charge in [-0.2, -0.15) is 0 Å². The van der Waals surface area contributed by atoms with Gasteiger partial charge in [0.05, 0.1) is 12.7 Å². The molecule has 1 aliphatic heterocycles. The predicted octanol–water partition coefficient (Wildman–Crippen LogP) is 1.67. The fourth-order valence-electron chi connectivity index (χ4n) is 3.25. The lowest BCUT2D eigenvalue weighted by Gasteiger charge is -2.35. The van der Waals surface area contributed by atoms with Crippen molar-refractivity contribution in [3.8, 4) is 5.75 Å². The van der Waals surface area contributed by atoms with Crippen molar-refractivity contribution < 1.29 is 24.2 Å². The predicted molar refractivity (Wildman–Crippen MR) is 108 cm³/mol. The fraction of sp³-hybridized carbons (Fsp3) is 0.364. The highest BCUT2D eigenvalue weighted by Gasteiger charge is 2.23. The van der Waals surface area contributed by atoms with E-state index in [9.17, 15) is 14.7 Å². The molecule has 1 amide bonds. The molecule has 0 radical (unpaired) electrons. The molecule has 0 aromatic heterocycles. The second-order valence-corrected chi connectivity index (χ2v) is 6.94. The van der Waals surface area contributed by atoms with E-state index in [0.717, 1.165) is 0 Å². The van der Waals surface area contributed by atoms with E-state index in [2.05, 4.69) is 9.64 Å². The van der Waals surface area contributed by atoms with E-state index in [1.54, 1.807) is 24.3 Å². The minimum atomic E-state index is -0.647. The molecule has 0 aliphatic carbocycles. The third-order valence-electron chi connectivity index (χ3n) is 4.87. The van der Waals surface area contributed by atoms with Gasteiger partial charge in [-0.3, -0.25) is 9.69 Å². The average Bonchev–Trinajstić information content (AvgIpc) is 2.78. The molecule has 1 heterocycles. The number of esters is 1. The van der Waals surface area contributed by atoms with Crippen LogP contribution in [-0.4, -0.2) is 79.3 Å². The number of hydrogen-bond acceptors (Lipinski definition) is 6. The van der Waals surface area contributed by atoms with Crippen molar-refractivity contribution in [2.45, 2.75) is 6.10 Å². The normalized spacial score (nSPS) is 15.6. The highest BCUT2D eigenvalue weighted by molar-refractivity contribution is 5.94. The quantitative estimate of drug-likeness (QED) is 0.715. The van der Waals surface area contributed by atoms with E-state index >= 15 is 0 Å². The summed E-state index contributed by atoms with van der Waals surface area (Å²) in [6.07, 6.45) is -0.647. The van der Waals surface area contributed by atoms with Gasteiger partial charge < -0.3 is 19.5 Å². The van der Waals surface area contributed by atoms with E-state index < -0.39 is 12.1 Å². The molecule has 1 fully saturated rings. The van der Waals surface area contributed by atoms with Gasteiger partial charge in [-0.1, -0.05) is 18.2 Å². The van der Waals surface area contributed by atoms with Gasteiger partial charge in [0.15, 0.2) is 0 Å². The minimum absolute atomic E-state index is 0.0459. The Bertz CT molecular complexity index is 802. The summed E-state index contributed by atoms with van der Waals surface area (Å²) in [6.45, 7) is 3.33. The first-order valence-corrected chi connectivity index (χ1v) is 9.62. The van der Waals surface area contributed by atoms with Crippen molar-refractivity contribution in [3.63, 3.8) is 0 Å². The SMILES string of the molecule is COC(=O)c1ccc(OCC(O)CN2CCN(C(=O)c3ccccc3)CC2)cc1. The first-order valence-electron chi connectivity index (χ1n) is 9.62. The van der Waals surface area contributed by atoms with E-state index in [-0.39, 0.29) is 12.5 Å². The lowest BCUT2D eigenvalue weighted by atomic mass is 10.2. The summed E-state index contributed by atoms with van der Waals surface area (Å²) in [5.41, 5.74) is 1.15. The number of nitrogens with zero attached hydrogens (tertiary/aromatic N) is 2. The number of carbonyl (C=O) groups excluding carboxylic acids is 2. The molecule has 7 heteroatoms. The van der Waals surface area contributed by atoms with E-state index in [1.807, 2.05) is 35.2 Å². The molecule has 1 atom stereocenters. The summed E-state index contributed by atoms with van der Waals surface area (Å²) in [5, 5.41) is 10.3. The van der Waals surface area contributed by atoms with Gasteiger partial charge in [0.2, 0.25) is 0 Å². The molecule has 0 bridgehead atoms. The number of aliphatic hydroxyl groups excluding tert-OH is 1. The molecule has 1 unspecified atom stereocenters. The van der Waals surface area contributed by atoms with Gasteiger partial charge in [0.25, 0.3) is 5.91 Å². The number of piperazine rings is 1. The van der Waals surface area contributed by atoms with Crippen molar-refractivity contribution in [2.24, 2.45) is 0 Å². The molecule has 2 aromatic rings. The number of aliphatic hydroxyl groups is 1. The number of rotatable bonds is 7. The Morgan fingerprint density at radius 1 is 0.966 bits per heavy atom. The van der Waals surface area contributed by atoms with Crippen LogP contribution < -0.4 is 4.74 Å². The highest BCUT2D eigenvalue weighted by atomic mass is 16.5. The monoisotopic (exact) mass is 398 g/mol. The van der Waals surface area contributed by atoms with Gasteiger partial charge in [0, 0.05) is 38.3 Å². The first-order chi connectivity index (χ1) is 14.1. The van der Waals surface area contributed by atoms with Crippen molar-refractivity contribution in [1.29, 1.82) is 0 Å². The number of amides is 1. The summed E-state index contributed by atoms with van der Waals surface area (Å²) >= 11 is 0. The number of ether oxygens (including phenoxy) is 2. The van der Waals surface area contributed by atoms with Crippen LogP contribution >= 0.6 is 0 Å². The first kappa shape index (κ1) is 20.8. The van der Waals surface area contributed by atoms with Crippen molar-refractivity contribution in [2.75, 3.05) is 46.4 Å². The average molecular weight is 398 g/mol. The Morgan fingerprint density at radius 2 is 1.62 bits per heavy atom. The topological polar surface area (TPSA) is 79.3 Å². The Morgan fingerprint density at radius 3 is 2.24 bits per heavy atom. The van der Waals surface area contributed by atoms with Crippen LogP contribution in [0.3, 0.4) is 0 Å². The second-order valence-electron chi connectivity index (χ2n) is 6.94. The molecule has 1 saturated heterocycles. The standard InChI is InChI=1S/C22H26N2O5/c1-28-22(27)18-7-9-20(10-8-18)29-16-19(25)15-23-11-13-24(14-12-23)21(26)17-5-3-2-4-6-17/h2-10,19,25H,11-16H2,1H3. The molecule has 29 heavy (non-hydrogen) atoms. The van der Waals surface area contributed by atoms with Crippen LogP contribution in [0.15, 0.2) is 54.6 Å². The molecule has 2 aromatic carbocycles. The summed E-state index contributed by atoms with van der Waals surface area (Å²) in [5.74, 6) is 0.223. The second kappa shape index (κ2) is 10.0. The summed E-state index contributed by atoms with van der Waals surface area (Å²) in [6, 6.07) is 15.9. The third kappa shape index (κ3) is 5.79. The lowest BCUT2D eigenvalue weighted by Crippen LogP contribution is -2.50. The molecular weight excluding hydrogens is 372 g/mol. The number of hydrogen-bond donors (Lipinski definition) is 1. The Hall–Kier alpha value is -2.90. The number of benzene rings is 2. The van der Waals surface area contributed by atoms with Crippen LogP contribution in [0.4, 0.5) is 0 Å². The van der Waals surface area contributed by atoms with Crippen molar-refractivity contribution >= 4 is 11.9 Å². The van der Waals surface area contributed by atoms with Crippen molar-refractivity contribution in [1.82, 2.24) is 9.80 Å². The van der Waals surface area contributed by atoms with Crippen LogP contribution in [0.5, 0.6) is 5.75 Å². The maximum Gasteiger partial charge on any atom is 0.337 e.